The molecule has 0 aliphatic carbocycles. The molecular weight excluding hydrogens is 643 g/mol. The minimum Gasteiger partial charge on any atom is -0.468 e. The molecule has 4 heterocycles. The molecule has 0 amide bonds. The molecule has 0 spiro atoms. The molecule has 2 atom stereocenters. The third kappa shape index (κ3) is 8.13. The quantitative estimate of drug-likeness (QED) is 0.123. The van der Waals surface area contributed by atoms with Gasteiger partial charge in [0.15, 0.2) is 0 Å². The van der Waals surface area contributed by atoms with E-state index in [2.05, 4.69) is 20.0 Å². The van der Waals surface area contributed by atoms with Crippen molar-refractivity contribution in [1.82, 2.24) is 15.3 Å². The van der Waals surface area contributed by atoms with Crippen LogP contribution >= 0.6 is 24.0 Å². The number of hydrogen-bond donors (Lipinski definition) is 1. The Morgan fingerprint density at radius 1 is 0.848 bits per heavy atom. The third-order valence-electron chi connectivity index (χ3n) is 7.42. The van der Waals surface area contributed by atoms with Crippen LogP contribution in [0.2, 0.25) is 5.15 Å². The summed E-state index contributed by atoms with van der Waals surface area (Å²) in [4.78, 5) is 53.4. The third-order valence-corrected chi connectivity index (χ3v) is 7.72. The summed E-state index contributed by atoms with van der Waals surface area (Å²) in [6, 6.07) is 13.5. The van der Waals surface area contributed by atoms with Crippen LogP contribution in [-0.2, 0) is 19.1 Å². The van der Waals surface area contributed by atoms with Crippen LogP contribution in [-0.4, -0.2) is 71.1 Å². The van der Waals surface area contributed by atoms with E-state index in [0.29, 0.717) is 40.3 Å². The van der Waals surface area contributed by atoms with Gasteiger partial charge in [0, 0.05) is 17.3 Å². The van der Waals surface area contributed by atoms with Crippen molar-refractivity contribution in [1.29, 1.82) is 0 Å². The molecule has 16 heteroatoms. The first-order valence-electron chi connectivity index (χ1n) is 14.0. The number of benzene rings is 2. The van der Waals surface area contributed by atoms with E-state index in [0.717, 1.165) is 25.8 Å². The van der Waals surface area contributed by atoms with Gasteiger partial charge in [0.25, 0.3) is 11.4 Å². The van der Waals surface area contributed by atoms with Crippen LogP contribution in [0.15, 0.2) is 60.9 Å². The van der Waals surface area contributed by atoms with Crippen molar-refractivity contribution in [3.63, 3.8) is 0 Å². The fraction of sp³-hybridized carbons (Fsp3) is 0.333. The number of ether oxygens (including phenoxy) is 2. The van der Waals surface area contributed by atoms with Gasteiger partial charge >= 0.3 is 11.9 Å². The highest BCUT2D eigenvalue weighted by Gasteiger charge is 2.34. The molecule has 244 valence electrons. The van der Waals surface area contributed by atoms with E-state index in [1.165, 1.54) is 26.6 Å². The number of aromatic nitrogens is 2. The maximum atomic E-state index is 11.9. The van der Waals surface area contributed by atoms with Gasteiger partial charge in [-0.1, -0.05) is 48.0 Å². The number of esters is 2. The number of fused-ring (bicyclic) bond motifs is 2. The second kappa shape index (κ2) is 16.6. The van der Waals surface area contributed by atoms with E-state index in [4.69, 9.17) is 16.3 Å². The minimum atomic E-state index is -0.467. The van der Waals surface area contributed by atoms with Crippen molar-refractivity contribution in [3.05, 3.63) is 86.3 Å². The van der Waals surface area contributed by atoms with Gasteiger partial charge in [0.2, 0.25) is 0 Å². The second-order valence-electron chi connectivity index (χ2n) is 10.1. The van der Waals surface area contributed by atoms with Gasteiger partial charge in [0.05, 0.1) is 34.8 Å². The lowest BCUT2D eigenvalue weighted by Gasteiger charge is -2.24. The Balaban J connectivity index is 0.000000205. The first kappa shape index (κ1) is 35.8. The summed E-state index contributed by atoms with van der Waals surface area (Å²) in [7, 11) is 2.78. The Labute approximate surface area is 274 Å². The molecule has 0 radical (unpaired) electrons. The SMILES string of the molecule is COC(=O)[C@H]1CCCN1.COC(=O)[C@H]1CCCN1c1ncc([N+](=O)[O-])c2ccccc12.Cl.O=[N+]([O-])c1cnc(Cl)c2ccccc12. The van der Waals surface area contributed by atoms with Crippen LogP contribution in [0.25, 0.3) is 21.5 Å². The minimum absolute atomic E-state index is 0. The number of nitrogens with zero attached hydrogens (tertiary/aromatic N) is 5. The van der Waals surface area contributed by atoms with Gasteiger partial charge in [0.1, 0.15) is 35.4 Å². The molecule has 1 N–H and O–H groups in total. The Bertz CT molecular complexity index is 1720. The van der Waals surface area contributed by atoms with Crippen molar-refractivity contribution in [2.75, 3.05) is 32.2 Å². The Morgan fingerprint density at radius 3 is 1.93 bits per heavy atom. The number of nitrogens with one attached hydrogen (secondary N) is 1. The molecule has 0 saturated carbocycles. The summed E-state index contributed by atoms with van der Waals surface area (Å²) in [6.07, 6.45) is 5.98. The first-order valence-corrected chi connectivity index (χ1v) is 14.4. The van der Waals surface area contributed by atoms with E-state index < -0.39 is 9.85 Å². The summed E-state index contributed by atoms with van der Waals surface area (Å²) in [5.41, 5.74) is -0.0573. The van der Waals surface area contributed by atoms with Crippen LogP contribution in [0.1, 0.15) is 25.7 Å². The van der Waals surface area contributed by atoms with Gasteiger partial charge in [-0.15, -0.1) is 12.4 Å². The smallest absolute Gasteiger partial charge is 0.328 e. The topological polar surface area (TPSA) is 180 Å². The fourth-order valence-corrected chi connectivity index (χ4v) is 5.47. The highest BCUT2D eigenvalue weighted by molar-refractivity contribution is 6.34. The summed E-state index contributed by atoms with van der Waals surface area (Å²) in [5, 5.41) is 27.4. The zero-order valence-electron chi connectivity index (χ0n) is 25.0. The van der Waals surface area contributed by atoms with Crippen LogP contribution in [0.5, 0.6) is 0 Å². The number of anilines is 1. The summed E-state index contributed by atoms with van der Waals surface area (Å²) in [6.45, 7) is 1.62. The average Bonchev–Trinajstić information content (AvgIpc) is 3.78. The van der Waals surface area contributed by atoms with Gasteiger partial charge in [-0.05, 0) is 44.4 Å². The highest BCUT2D eigenvalue weighted by Crippen LogP contribution is 2.35. The van der Waals surface area contributed by atoms with Crippen molar-refractivity contribution < 1.29 is 28.9 Å². The standard InChI is InChI=1S/C15H15N3O4.C9H5ClN2O2.C6H11NO2.ClH/c1-22-15(19)12-7-4-8-17(12)14-11-6-3-2-5-10(11)13(9-16-14)18(20)21;10-9-7-4-2-1-3-6(7)8(5-11-9)12(13)14;1-9-6(8)5-3-2-4-7-5;/h2-3,5-6,9,12H,4,7-8H2,1H3;1-5H;5,7H,2-4H2,1H3;1H/t12-;;5-;/m1.1./s1. The largest absolute Gasteiger partial charge is 0.468 e. The van der Waals surface area contributed by atoms with Crippen LogP contribution < -0.4 is 10.2 Å². The van der Waals surface area contributed by atoms with Crippen LogP contribution in [0.3, 0.4) is 0 Å². The lowest BCUT2D eigenvalue weighted by molar-refractivity contribution is -0.383. The Hall–Kier alpha value is -4.66. The lowest BCUT2D eigenvalue weighted by atomic mass is 10.1. The van der Waals surface area contributed by atoms with Crippen molar-refractivity contribution in [2.45, 2.75) is 37.8 Å². The predicted octanol–water partition coefficient (Wildman–Crippen LogP) is 5.41. The average molecular weight is 676 g/mol. The molecule has 2 aromatic heterocycles. The molecular formula is C30H32Cl2N6O8. The molecule has 6 rings (SSSR count). The maximum absolute atomic E-state index is 11.9. The zero-order valence-corrected chi connectivity index (χ0v) is 26.5. The lowest BCUT2D eigenvalue weighted by Crippen LogP contribution is -2.37. The van der Waals surface area contributed by atoms with Crippen LogP contribution in [0, 0.1) is 20.2 Å². The molecule has 0 unspecified atom stereocenters. The Morgan fingerprint density at radius 2 is 1.39 bits per heavy atom. The van der Waals surface area contributed by atoms with E-state index in [1.54, 1.807) is 48.5 Å². The number of nitro groups is 2. The number of methoxy groups -OCH3 is 2. The van der Waals surface area contributed by atoms with Crippen molar-refractivity contribution in [2.24, 2.45) is 0 Å². The molecule has 14 nitrogen and oxygen atoms in total. The first-order chi connectivity index (χ1) is 21.7. The van der Waals surface area contributed by atoms with Gasteiger partial charge in [-0.2, -0.15) is 0 Å². The second-order valence-corrected chi connectivity index (χ2v) is 10.4. The van der Waals surface area contributed by atoms with Gasteiger partial charge in [-0.3, -0.25) is 25.0 Å². The monoisotopic (exact) mass is 674 g/mol. The van der Waals surface area contributed by atoms with Gasteiger partial charge in [-0.25, -0.2) is 14.8 Å². The number of carbonyl (C=O) groups is 2. The fourth-order valence-electron chi connectivity index (χ4n) is 5.26. The molecule has 46 heavy (non-hydrogen) atoms. The molecule has 2 aliphatic heterocycles. The number of rotatable bonds is 5. The zero-order chi connectivity index (χ0) is 32.5. The Kier molecular flexibility index (Phi) is 12.9. The molecule has 0 bridgehead atoms. The molecule has 2 saturated heterocycles. The van der Waals surface area contributed by atoms with E-state index in [9.17, 15) is 29.8 Å². The highest BCUT2D eigenvalue weighted by atomic mass is 35.5. The number of halogens is 2. The summed E-state index contributed by atoms with van der Waals surface area (Å²) < 4.78 is 9.38. The number of hydrogen-bond acceptors (Lipinski definition) is 12. The molecule has 2 aliphatic rings. The van der Waals surface area contributed by atoms with E-state index in [-0.39, 0.29) is 53.0 Å². The van der Waals surface area contributed by atoms with Crippen LogP contribution in [0.4, 0.5) is 17.2 Å². The molecule has 4 aromatic rings. The molecule has 2 fully saturated rings. The van der Waals surface area contributed by atoms with Crippen molar-refractivity contribution >= 4 is 74.7 Å². The number of pyridine rings is 2. The summed E-state index contributed by atoms with van der Waals surface area (Å²) in [5.74, 6) is 0.156. The van der Waals surface area contributed by atoms with Gasteiger partial charge < -0.3 is 19.7 Å². The van der Waals surface area contributed by atoms with E-state index >= 15 is 0 Å². The predicted molar refractivity (Wildman–Crippen MR) is 174 cm³/mol. The summed E-state index contributed by atoms with van der Waals surface area (Å²) >= 11 is 5.80. The maximum Gasteiger partial charge on any atom is 0.328 e. The van der Waals surface area contributed by atoms with E-state index in [1.807, 2.05) is 4.90 Å². The van der Waals surface area contributed by atoms with Crippen molar-refractivity contribution in [3.8, 4) is 0 Å². The normalized spacial score (nSPS) is 16.7. The molecule has 2 aromatic carbocycles. The number of carbonyl (C=O) groups excluding carboxylic acids is 2.